The fraction of sp³-hybridized carbons (Fsp3) is 0.360. The molecule has 4 rings (SSSR count). The van der Waals surface area contributed by atoms with Gasteiger partial charge in [0.05, 0.1) is 23.3 Å². The van der Waals surface area contributed by atoms with E-state index in [9.17, 15) is 14.9 Å². The molecule has 0 saturated heterocycles. The van der Waals surface area contributed by atoms with E-state index in [0.29, 0.717) is 28.8 Å². The molecule has 1 aliphatic carbocycles. The second kappa shape index (κ2) is 9.31. The molecule has 1 N–H and O–H groups in total. The van der Waals surface area contributed by atoms with Gasteiger partial charge in [0.25, 0.3) is 11.6 Å². The minimum atomic E-state index is -0.429. The molecule has 0 unspecified atom stereocenters. The van der Waals surface area contributed by atoms with Crippen molar-refractivity contribution < 1.29 is 14.1 Å². The van der Waals surface area contributed by atoms with E-state index in [1.165, 1.54) is 17.0 Å². The van der Waals surface area contributed by atoms with Crippen LogP contribution in [0.1, 0.15) is 59.3 Å². The Labute approximate surface area is 196 Å². The van der Waals surface area contributed by atoms with Crippen molar-refractivity contribution in [2.75, 3.05) is 0 Å². The molecule has 1 aromatic carbocycles. The zero-order chi connectivity index (χ0) is 23.6. The number of fused-ring (bicyclic) bond motifs is 1. The fourth-order valence-electron chi connectivity index (χ4n) is 4.12. The summed E-state index contributed by atoms with van der Waals surface area (Å²) in [6.07, 6.45) is 6.07. The predicted octanol–water partition coefficient (Wildman–Crippen LogP) is 6.08. The molecule has 1 atom stereocenters. The number of benzene rings is 1. The number of furan rings is 1. The third kappa shape index (κ3) is 5.22. The monoisotopic (exact) mass is 465 g/mol. The van der Waals surface area contributed by atoms with Crippen molar-refractivity contribution in [2.24, 2.45) is 16.3 Å². The number of hydrogen-bond donors (Lipinski definition) is 1. The molecular formula is C25H27N3O4S. The molecule has 3 aromatic rings. The van der Waals surface area contributed by atoms with Gasteiger partial charge in [0.15, 0.2) is 0 Å². The summed E-state index contributed by atoms with van der Waals surface area (Å²) < 4.78 is 5.34. The highest BCUT2D eigenvalue weighted by molar-refractivity contribution is 7.16. The number of aliphatic imine (C=N–C) groups is 1. The maximum Gasteiger partial charge on any atom is 0.269 e. The normalized spacial score (nSPS) is 16.0. The summed E-state index contributed by atoms with van der Waals surface area (Å²) >= 11 is 1.57. The molecule has 0 fully saturated rings. The smallest absolute Gasteiger partial charge is 0.269 e. The van der Waals surface area contributed by atoms with E-state index in [0.717, 1.165) is 30.4 Å². The van der Waals surface area contributed by atoms with E-state index in [2.05, 4.69) is 31.1 Å². The third-order valence-electron chi connectivity index (χ3n) is 6.14. The lowest BCUT2D eigenvalue weighted by Gasteiger charge is -2.33. The Morgan fingerprint density at radius 2 is 2.06 bits per heavy atom. The van der Waals surface area contributed by atoms with Gasteiger partial charge in [-0.2, -0.15) is 0 Å². The van der Waals surface area contributed by atoms with Crippen LogP contribution in [0.25, 0.3) is 0 Å². The highest BCUT2D eigenvalue weighted by atomic mass is 32.1. The Balaban J connectivity index is 1.63. The Hall–Kier alpha value is -3.26. The van der Waals surface area contributed by atoms with Gasteiger partial charge in [-0.15, -0.1) is 11.3 Å². The van der Waals surface area contributed by atoms with E-state index in [4.69, 9.17) is 4.42 Å². The number of thiophene rings is 1. The van der Waals surface area contributed by atoms with Crippen molar-refractivity contribution in [3.63, 3.8) is 0 Å². The van der Waals surface area contributed by atoms with Crippen LogP contribution in [0.15, 0.2) is 52.1 Å². The molecular weight excluding hydrogens is 438 g/mol. The number of carbonyl (C=O) groups excluding carboxylic acids is 1. The molecule has 33 heavy (non-hydrogen) atoms. The molecule has 172 valence electrons. The van der Waals surface area contributed by atoms with E-state index < -0.39 is 4.92 Å². The first-order valence-electron chi connectivity index (χ1n) is 11.0. The summed E-state index contributed by atoms with van der Waals surface area (Å²) in [5.74, 6) is 1.08. The molecule has 0 spiro atoms. The second-order valence-electron chi connectivity index (χ2n) is 9.36. The van der Waals surface area contributed by atoms with Crippen LogP contribution in [0.3, 0.4) is 0 Å². The van der Waals surface area contributed by atoms with Gasteiger partial charge in [0.2, 0.25) is 0 Å². The van der Waals surface area contributed by atoms with Crippen LogP contribution >= 0.6 is 11.3 Å². The summed E-state index contributed by atoms with van der Waals surface area (Å²) in [6, 6.07) is 9.83. The maximum atomic E-state index is 13.2. The van der Waals surface area contributed by atoms with Crippen molar-refractivity contribution in [1.82, 2.24) is 5.32 Å². The van der Waals surface area contributed by atoms with Gasteiger partial charge in [0, 0.05) is 23.2 Å². The topological polar surface area (TPSA) is 97.7 Å². The Morgan fingerprint density at radius 3 is 2.70 bits per heavy atom. The Bertz CT molecular complexity index is 1170. The first-order chi connectivity index (χ1) is 15.7. The predicted molar refractivity (Wildman–Crippen MR) is 130 cm³/mol. The molecule has 0 bridgehead atoms. The lowest BCUT2D eigenvalue weighted by Crippen LogP contribution is -2.28. The number of hydrogen-bond acceptors (Lipinski definition) is 6. The molecule has 7 nitrogen and oxygen atoms in total. The second-order valence-corrected chi connectivity index (χ2v) is 10.4. The third-order valence-corrected chi connectivity index (χ3v) is 7.30. The van der Waals surface area contributed by atoms with Gasteiger partial charge in [-0.3, -0.25) is 14.9 Å². The number of nitro groups is 1. The van der Waals surface area contributed by atoms with Crippen LogP contribution in [0.4, 0.5) is 10.7 Å². The van der Waals surface area contributed by atoms with Gasteiger partial charge < -0.3 is 9.73 Å². The van der Waals surface area contributed by atoms with Crippen molar-refractivity contribution >= 4 is 34.1 Å². The summed E-state index contributed by atoms with van der Waals surface area (Å²) in [6.45, 7) is 7.11. The highest BCUT2D eigenvalue weighted by Gasteiger charge is 2.33. The fourth-order valence-corrected chi connectivity index (χ4v) is 5.39. The molecule has 2 aromatic heterocycles. The van der Waals surface area contributed by atoms with Gasteiger partial charge in [-0.1, -0.05) is 20.8 Å². The Morgan fingerprint density at radius 1 is 1.30 bits per heavy atom. The number of nitrogens with one attached hydrogen (secondary N) is 1. The summed E-state index contributed by atoms with van der Waals surface area (Å²) in [4.78, 5) is 29.5. The zero-order valence-corrected chi connectivity index (χ0v) is 19.8. The van der Waals surface area contributed by atoms with Crippen LogP contribution in [0.5, 0.6) is 0 Å². The average molecular weight is 466 g/mol. The number of amides is 1. The molecule has 0 radical (unpaired) electrons. The largest absolute Gasteiger partial charge is 0.467 e. The SMILES string of the molecule is CC(C)(C)[C@H]1CCc2c(sc(N=Cc3ccc([N+](=O)[O-])cc3)c2C(=O)NCc2ccco2)C1. The number of carbonyl (C=O) groups is 1. The first kappa shape index (κ1) is 22.9. The van der Waals surface area contributed by atoms with Crippen molar-refractivity contribution in [2.45, 2.75) is 46.6 Å². The van der Waals surface area contributed by atoms with Crippen LogP contribution < -0.4 is 5.32 Å². The van der Waals surface area contributed by atoms with E-state index in [1.807, 2.05) is 6.07 Å². The van der Waals surface area contributed by atoms with E-state index in [-0.39, 0.29) is 17.0 Å². The number of nitrogens with zero attached hydrogens (tertiary/aromatic N) is 2. The zero-order valence-electron chi connectivity index (χ0n) is 19.0. The molecule has 0 saturated carbocycles. The lowest BCUT2D eigenvalue weighted by atomic mass is 9.72. The van der Waals surface area contributed by atoms with E-state index in [1.54, 1.807) is 42.0 Å². The van der Waals surface area contributed by atoms with Crippen LogP contribution in [-0.4, -0.2) is 17.0 Å². The van der Waals surface area contributed by atoms with E-state index >= 15 is 0 Å². The summed E-state index contributed by atoms with van der Waals surface area (Å²) in [5, 5.41) is 14.5. The van der Waals surface area contributed by atoms with Crippen LogP contribution in [0.2, 0.25) is 0 Å². The number of non-ortho nitro benzene ring substituents is 1. The molecule has 1 amide bonds. The van der Waals surface area contributed by atoms with Gasteiger partial charge >= 0.3 is 0 Å². The van der Waals surface area contributed by atoms with Crippen molar-refractivity contribution in [3.05, 3.63) is 80.1 Å². The quantitative estimate of drug-likeness (QED) is 0.271. The number of nitro benzene ring substituents is 1. The first-order valence-corrected chi connectivity index (χ1v) is 11.8. The summed E-state index contributed by atoms with van der Waals surface area (Å²) in [5.41, 5.74) is 2.69. The van der Waals surface area contributed by atoms with Crippen molar-refractivity contribution in [3.8, 4) is 0 Å². The van der Waals surface area contributed by atoms with Crippen LogP contribution in [0, 0.1) is 21.4 Å². The molecule has 2 heterocycles. The van der Waals surface area contributed by atoms with Crippen molar-refractivity contribution in [1.29, 1.82) is 0 Å². The summed E-state index contributed by atoms with van der Waals surface area (Å²) in [7, 11) is 0. The average Bonchev–Trinajstić information content (AvgIpc) is 3.42. The lowest BCUT2D eigenvalue weighted by molar-refractivity contribution is -0.384. The van der Waals surface area contributed by atoms with Crippen LogP contribution in [-0.2, 0) is 19.4 Å². The minimum absolute atomic E-state index is 0.0324. The minimum Gasteiger partial charge on any atom is -0.467 e. The Kier molecular flexibility index (Phi) is 6.47. The molecule has 0 aliphatic heterocycles. The maximum absolute atomic E-state index is 13.2. The number of rotatable bonds is 6. The molecule has 1 aliphatic rings. The van der Waals surface area contributed by atoms with Gasteiger partial charge in [-0.25, -0.2) is 4.99 Å². The van der Waals surface area contributed by atoms with Gasteiger partial charge in [0.1, 0.15) is 10.8 Å². The molecule has 8 heteroatoms. The highest BCUT2D eigenvalue weighted by Crippen LogP contribution is 2.45. The van der Waals surface area contributed by atoms with Gasteiger partial charge in [-0.05, 0) is 66.0 Å². The standard InChI is InChI=1S/C25H27N3O4S/c1-25(2,3)17-8-11-20-21(13-17)33-24(22(20)23(29)26-15-19-5-4-12-32-19)27-14-16-6-9-18(10-7-16)28(30)31/h4-7,9-10,12,14,17H,8,11,13,15H2,1-3H3,(H,26,29)/t17-/m0/s1.